The molecule has 1 aromatic rings. The smallest absolute Gasteiger partial charge is 0.339 e. The first-order chi connectivity index (χ1) is 17.1. The van der Waals surface area contributed by atoms with Crippen LogP contribution in [0.5, 0.6) is 0 Å². The quantitative estimate of drug-likeness (QED) is 0.196. The number of carbonyl (C=O) groups is 4. The Labute approximate surface area is 210 Å². The lowest BCUT2D eigenvalue weighted by molar-refractivity contribution is -0.394. The number of rotatable bonds is 9. The Morgan fingerprint density at radius 2 is 1.49 bits per heavy atom. The highest BCUT2D eigenvalue weighted by Crippen LogP contribution is 2.34. The molecule has 15 heteroatoms. The molecular weight excluding hydrogens is 500 g/mol. The Morgan fingerprint density at radius 3 is 1.95 bits per heavy atom. The second-order valence-electron chi connectivity index (χ2n) is 8.67. The number of hydrogen-bond donors (Lipinski definition) is 0. The molecule has 0 aromatic heterocycles. The van der Waals surface area contributed by atoms with Crippen molar-refractivity contribution in [3.8, 4) is 0 Å². The summed E-state index contributed by atoms with van der Waals surface area (Å²) < 4.78 is 27.0. The fourth-order valence-corrected chi connectivity index (χ4v) is 3.67. The van der Waals surface area contributed by atoms with Crippen molar-refractivity contribution < 1.29 is 52.7 Å². The highest BCUT2D eigenvalue weighted by atomic mass is 16.6. The Bertz CT molecular complexity index is 1070. The van der Waals surface area contributed by atoms with Crippen LogP contribution in [-0.2, 0) is 38.1 Å². The predicted molar refractivity (Wildman–Crippen MR) is 120 cm³/mol. The van der Waals surface area contributed by atoms with Gasteiger partial charge in [0.25, 0.3) is 11.4 Å². The summed E-state index contributed by atoms with van der Waals surface area (Å²) in [5.74, 6) is -3.19. The van der Waals surface area contributed by atoms with E-state index in [0.717, 1.165) is 32.9 Å². The first-order valence-corrected chi connectivity index (χ1v) is 10.9. The Hall–Kier alpha value is -4.14. The summed E-state index contributed by atoms with van der Waals surface area (Å²) >= 11 is 0. The number of carbonyl (C=O) groups excluding carboxylic acids is 4. The maximum Gasteiger partial charge on any atom is 0.339 e. The number of nitrogens with zero attached hydrogens (tertiary/aromatic N) is 2. The highest BCUT2D eigenvalue weighted by Gasteiger charge is 2.49. The van der Waals surface area contributed by atoms with Crippen molar-refractivity contribution in [2.45, 2.75) is 71.1 Å². The van der Waals surface area contributed by atoms with E-state index >= 15 is 0 Å². The van der Waals surface area contributed by atoms with Gasteiger partial charge in [0.05, 0.1) is 21.5 Å². The summed E-state index contributed by atoms with van der Waals surface area (Å²) in [4.78, 5) is 68.2. The zero-order valence-corrected chi connectivity index (χ0v) is 20.7. The zero-order chi connectivity index (χ0) is 28.1. The largest absolute Gasteiger partial charge is 0.463 e. The average Bonchev–Trinajstić information content (AvgIpc) is 2.77. The lowest BCUT2D eigenvalue weighted by atomic mass is 9.89. The third kappa shape index (κ3) is 7.93. The molecule has 15 nitrogen and oxygen atoms in total. The molecule has 0 N–H and O–H groups in total. The van der Waals surface area contributed by atoms with Gasteiger partial charge in [-0.15, -0.1) is 0 Å². The van der Waals surface area contributed by atoms with E-state index in [1.807, 2.05) is 0 Å². The number of benzene rings is 1. The summed E-state index contributed by atoms with van der Waals surface area (Å²) in [7, 11) is 0. The molecule has 1 aliphatic rings. The highest BCUT2D eigenvalue weighted by molar-refractivity contribution is 5.91. The molecule has 1 fully saturated rings. The second-order valence-corrected chi connectivity index (χ2v) is 8.67. The summed E-state index contributed by atoms with van der Waals surface area (Å²) in [6, 6.07) is 2.36. The molecule has 37 heavy (non-hydrogen) atoms. The van der Waals surface area contributed by atoms with Crippen LogP contribution < -0.4 is 0 Å². The molecule has 0 unspecified atom stereocenters. The van der Waals surface area contributed by atoms with Crippen molar-refractivity contribution in [1.82, 2.24) is 0 Å². The van der Waals surface area contributed by atoms with Gasteiger partial charge in [0, 0.05) is 39.3 Å². The van der Waals surface area contributed by atoms with Crippen molar-refractivity contribution >= 4 is 35.3 Å². The average molecular weight is 526 g/mol. The van der Waals surface area contributed by atoms with Crippen LogP contribution in [0.3, 0.4) is 0 Å². The maximum absolute atomic E-state index is 12.9. The fourth-order valence-electron chi connectivity index (χ4n) is 3.67. The van der Waals surface area contributed by atoms with E-state index < -0.39 is 80.7 Å². The van der Waals surface area contributed by atoms with Crippen molar-refractivity contribution in [2.24, 2.45) is 0 Å². The second kappa shape index (κ2) is 11.7. The van der Waals surface area contributed by atoms with Gasteiger partial charge in [-0.3, -0.25) is 34.6 Å². The van der Waals surface area contributed by atoms with E-state index in [-0.39, 0.29) is 13.0 Å². The Morgan fingerprint density at radius 1 is 0.946 bits per heavy atom. The van der Waals surface area contributed by atoms with E-state index in [0.29, 0.717) is 6.07 Å². The third-order valence-corrected chi connectivity index (χ3v) is 5.28. The van der Waals surface area contributed by atoms with E-state index in [1.54, 1.807) is 0 Å². The number of nitro groups is 2. The molecule has 0 aliphatic carbocycles. The van der Waals surface area contributed by atoms with Crippen molar-refractivity contribution in [2.75, 3.05) is 6.61 Å². The molecule has 0 amide bonds. The number of hydrogen-bond acceptors (Lipinski definition) is 13. The van der Waals surface area contributed by atoms with Crippen molar-refractivity contribution in [1.29, 1.82) is 0 Å². The van der Waals surface area contributed by atoms with Crippen LogP contribution in [0.15, 0.2) is 18.2 Å². The number of ether oxygens (including phenoxy) is 5. The molecule has 1 aliphatic heterocycles. The summed E-state index contributed by atoms with van der Waals surface area (Å²) in [5.41, 5.74) is -3.33. The van der Waals surface area contributed by atoms with E-state index in [2.05, 4.69) is 0 Å². The number of nitro benzene ring substituents is 2. The van der Waals surface area contributed by atoms with Gasteiger partial charge in [-0.05, 0) is 13.8 Å². The van der Waals surface area contributed by atoms with Gasteiger partial charge in [-0.2, -0.15) is 0 Å². The molecule has 0 saturated carbocycles. The van der Waals surface area contributed by atoms with Crippen molar-refractivity contribution in [3.05, 3.63) is 44.0 Å². The normalized spacial score (nSPS) is 21.3. The molecule has 202 valence electrons. The number of non-ortho nitro benzene ring substituents is 2. The fraction of sp³-hybridized carbons (Fsp3) is 0.545. The number of esters is 4. The summed E-state index contributed by atoms with van der Waals surface area (Å²) in [6.07, 6.45) is -4.49. The molecular formula is C22H26N2O13. The van der Waals surface area contributed by atoms with Gasteiger partial charge in [-0.25, -0.2) is 4.79 Å². The molecule has 1 heterocycles. The lowest BCUT2D eigenvalue weighted by Gasteiger charge is -2.45. The third-order valence-electron chi connectivity index (χ3n) is 5.28. The molecule has 0 radical (unpaired) electrons. The SMILES string of the molecule is CC(=O)OC[C@H]1O[C@@H](C(C)(C)OC(=O)c2cc([N+](=O)[O-])cc([N+](=O)[O-])c2)C[C@@H](OC(C)=O)[C@@H]1OC(C)=O. The first kappa shape index (κ1) is 29.1. The molecule has 1 saturated heterocycles. The van der Waals surface area contributed by atoms with Crippen LogP contribution in [0.25, 0.3) is 0 Å². The van der Waals surface area contributed by atoms with Gasteiger partial charge in [0.15, 0.2) is 6.10 Å². The zero-order valence-electron chi connectivity index (χ0n) is 20.7. The standard InChI is InChI=1S/C22H26N2O13/c1-11(25)33-10-18-20(35-13(3)27)17(34-12(2)26)9-19(36-18)22(4,5)37-21(28)14-6-15(23(29)30)8-16(7-14)24(31)32/h6-8,17-20H,9-10H2,1-5H3/t17-,18-,19-,20+/m1/s1. The van der Waals surface area contributed by atoms with Gasteiger partial charge in [0.1, 0.15) is 30.5 Å². The molecule has 4 atom stereocenters. The summed E-state index contributed by atoms with van der Waals surface area (Å²) in [5, 5.41) is 22.3. The van der Waals surface area contributed by atoms with Gasteiger partial charge in [0.2, 0.25) is 0 Å². The van der Waals surface area contributed by atoms with Gasteiger partial charge < -0.3 is 23.7 Å². The predicted octanol–water partition coefficient (Wildman–Crippen LogP) is 2.02. The summed E-state index contributed by atoms with van der Waals surface area (Å²) in [6.45, 7) is 5.89. The van der Waals surface area contributed by atoms with Crippen molar-refractivity contribution in [3.63, 3.8) is 0 Å². The minimum absolute atomic E-state index is 0.122. The maximum atomic E-state index is 12.9. The lowest BCUT2D eigenvalue weighted by Crippen LogP contribution is -2.58. The van der Waals surface area contributed by atoms with Gasteiger partial charge in [-0.1, -0.05) is 0 Å². The Kier molecular flexibility index (Phi) is 9.22. The van der Waals surface area contributed by atoms with Crippen LogP contribution in [0, 0.1) is 20.2 Å². The van der Waals surface area contributed by atoms with E-state index in [4.69, 9.17) is 23.7 Å². The molecule has 2 rings (SSSR count). The van der Waals surface area contributed by atoms with Gasteiger partial charge >= 0.3 is 23.9 Å². The minimum atomic E-state index is -1.51. The van der Waals surface area contributed by atoms with Crippen LogP contribution in [0.2, 0.25) is 0 Å². The van der Waals surface area contributed by atoms with Crippen LogP contribution >= 0.6 is 0 Å². The topological polar surface area (TPSA) is 201 Å². The minimum Gasteiger partial charge on any atom is -0.463 e. The molecule has 0 bridgehead atoms. The Balaban J connectivity index is 2.37. The van der Waals surface area contributed by atoms with Crippen LogP contribution in [0.1, 0.15) is 51.4 Å². The van der Waals surface area contributed by atoms with Crippen LogP contribution in [-0.4, -0.2) is 70.3 Å². The monoisotopic (exact) mass is 526 g/mol. The first-order valence-electron chi connectivity index (χ1n) is 10.9. The van der Waals surface area contributed by atoms with Crippen LogP contribution in [0.4, 0.5) is 11.4 Å². The van der Waals surface area contributed by atoms with E-state index in [9.17, 15) is 39.4 Å². The van der Waals surface area contributed by atoms with E-state index in [1.165, 1.54) is 13.8 Å². The molecule has 0 spiro atoms. The molecule has 1 aromatic carbocycles.